The molecular weight excluding hydrogens is 491 g/mol. The van der Waals surface area contributed by atoms with Crippen LogP contribution in [0.15, 0.2) is 47.5 Å². The van der Waals surface area contributed by atoms with Crippen LogP contribution in [0.1, 0.15) is 37.0 Å². The van der Waals surface area contributed by atoms with Gasteiger partial charge in [-0.2, -0.15) is 0 Å². The van der Waals surface area contributed by atoms with Crippen molar-refractivity contribution in [1.82, 2.24) is 10.6 Å². The number of aliphatic imine (C=N–C) groups is 1. The zero-order valence-corrected chi connectivity index (χ0v) is 20.0. The van der Waals surface area contributed by atoms with Gasteiger partial charge >= 0.3 is 0 Å². The summed E-state index contributed by atoms with van der Waals surface area (Å²) in [6.45, 7) is 6.85. The molecule has 0 aliphatic carbocycles. The van der Waals surface area contributed by atoms with E-state index < -0.39 is 0 Å². The van der Waals surface area contributed by atoms with Crippen molar-refractivity contribution < 1.29 is 9.53 Å². The molecule has 0 unspecified atom stereocenters. The lowest BCUT2D eigenvalue weighted by Crippen LogP contribution is -2.39. The first kappa shape index (κ1) is 24.0. The molecule has 1 heterocycles. The van der Waals surface area contributed by atoms with E-state index in [1.807, 2.05) is 18.2 Å². The number of aryl methyl sites for hydroxylation is 2. The number of nitrogens with zero attached hydrogens (tertiary/aromatic N) is 1. The van der Waals surface area contributed by atoms with Crippen molar-refractivity contribution in [2.45, 2.75) is 39.7 Å². The SMILES string of the molecule is CCNC(=NCc1ccccc1CC)NCCOc1ccc2c(c1)CCC(=O)N2.I. The summed E-state index contributed by atoms with van der Waals surface area (Å²) in [5.41, 5.74) is 4.60. The number of fused-ring (bicyclic) bond motifs is 1. The molecule has 0 aromatic heterocycles. The van der Waals surface area contributed by atoms with Gasteiger partial charge in [0.05, 0.1) is 13.1 Å². The maximum atomic E-state index is 11.5. The number of ether oxygens (including phenoxy) is 1. The third-order valence-corrected chi connectivity index (χ3v) is 4.89. The van der Waals surface area contributed by atoms with Crippen molar-refractivity contribution in [3.63, 3.8) is 0 Å². The zero-order chi connectivity index (χ0) is 20.5. The van der Waals surface area contributed by atoms with Crippen LogP contribution in [-0.4, -0.2) is 31.6 Å². The summed E-state index contributed by atoms with van der Waals surface area (Å²) in [5, 5.41) is 9.49. The average Bonchev–Trinajstić information content (AvgIpc) is 2.75. The topological polar surface area (TPSA) is 74.8 Å². The highest BCUT2D eigenvalue weighted by Gasteiger charge is 2.14. The minimum Gasteiger partial charge on any atom is -0.492 e. The molecule has 0 saturated carbocycles. The lowest BCUT2D eigenvalue weighted by Gasteiger charge is -2.18. The fourth-order valence-corrected chi connectivity index (χ4v) is 3.35. The standard InChI is InChI=1S/C23H30N4O2.HI/c1-3-17-7-5-6-8-19(17)16-26-23(24-4-2)25-13-14-29-20-10-11-21-18(15-20)9-12-22(28)27-21;/h5-8,10-11,15H,3-4,9,12-14,16H2,1-2H3,(H,27,28)(H2,24,25,26);1H. The smallest absolute Gasteiger partial charge is 0.224 e. The second-order valence-electron chi connectivity index (χ2n) is 6.96. The third-order valence-electron chi connectivity index (χ3n) is 4.89. The predicted octanol–water partition coefficient (Wildman–Crippen LogP) is 3.89. The van der Waals surface area contributed by atoms with E-state index >= 15 is 0 Å². The van der Waals surface area contributed by atoms with E-state index in [1.165, 1.54) is 11.1 Å². The molecule has 6 nitrogen and oxygen atoms in total. The Labute approximate surface area is 195 Å². The summed E-state index contributed by atoms with van der Waals surface area (Å²) >= 11 is 0. The van der Waals surface area contributed by atoms with Crippen molar-refractivity contribution in [1.29, 1.82) is 0 Å². The van der Waals surface area contributed by atoms with Gasteiger partial charge < -0.3 is 20.7 Å². The highest BCUT2D eigenvalue weighted by molar-refractivity contribution is 14.0. The van der Waals surface area contributed by atoms with Crippen LogP contribution in [0.25, 0.3) is 0 Å². The Kier molecular flexibility index (Phi) is 9.93. The highest BCUT2D eigenvalue weighted by Crippen LogP contribution is 2.26. The number of benzene rings is 2. The first-order chi connectivity index (χ1) is 14.2. The van der Waals surface area contributed by atoms with E-state index in [0.29, 0.717) is 26.1 Å². The first-order valence-corrected chi connectivity index (χ1v) is 10.3. The molecule has 0 atom stereocenters. The second kappa shape index (κ2) is 12.4. The van der Waals surface area contributed by atoms with Crippen LogP contribution < -0.4 is 20.7 Å². The molecule has 0 spiro atoms. The molecular formula is C23H31IN4O2. The number of carbonyl (C=O) groups excluding carboxylic acids is 1. The fraction of sp³-hybridized carbons (Fsp3) is 0.391. The number of carbonyl (C=O) groups is 1. The first-order valence-electron chi connectivity index (χ1n) is 10.3. The summed E-state index contributed by atoms with van der Waals surface area (Å²) in [6, 6.07) is 14.2. The number of hydrogen-bond acceptors (Lipinski definition) is 3. The summed E-state index contributed by atoms with van der Waals surface area (Å²) in [4.78, 5) is 16.2. The van der Waals surface area contributed by atoms with Crippen molar-refractivity contribution in [2.75, 3.05) is 25.0 Å². The van der Waals surface area contributed by atoms with E-state index in [4.69, 9.17) is 9.73 Å². The lowest BCUT2D eigenvalue weighted by molar-refractivity contribution is -0.116. The monoisotopic (exact) mass is 522 g/mol. The number of nitrogens with one attached hydrogen (secondary N) is 3. The van der Waals surface area contributed by atoms with E-state index in [2.05, 4.69) is 54.1 Å². The number of guanidine groups is 1. The molecule has 162 valence electrons. The number of hydrogen-bond donors (Lipinski definition) is 3. The van der Waals surface area contributed by atoms with Gasteiger partial charge in [-0.25, -0.2) is 4.99 Å². The Morgan fingerprint density at radius 3 is 2.67 bits per heavy atom. The number of rotatable bonds is 8. The largest absolute Gasteiger partial charge is 0.492 e. The Bertz CT molecular complexity index is 870. The maximum absolute atomic E-state index is 11.5. The van der Waals surface area contributed by atoms with Gasteiger partial charge in [-0.15, -0.1) is 24.0 Å². The van der Waals surface area contributed by atoms with Gasteiger partial charge in [-0.05, 0) is 54.7 Å². The van der Waals surface area contributed by atoms with Gasteiger partial charge in [-0.1, -0.05) is 31.2 Å². The lowest BCUT2D eigenvalue weighted by atomic mass is 10.0. The molecule has 3 N–H and O–H groups in total. The van der Waals surface area contributed by atoms with Gasteiger partial charge in [0.2, 0.25) is 5.91 Å². The van der Waals surface area contributed by atoms with E-state index in [-0.39, 0.29) is 29.9 Å². The second-order valence-corrected chi connectivity index (χ2v) is 6.96. The molecule has 7 heteroatoms. The van der Waals surface area contributed by atoms with Crippen LogP contribution in [0, 0.1) is 0 Å². The van der Waals surface area contributed by atoms with E-state index in [1.54, 1.807) is 0 Å². The van der Waals surface area contributed by atoms with E-state index in [0.717, 1.165) is 42.3 Å². The van der Waals surface area contributed by atoms with Crippen LogP contribution in [-0.2, 0) is 24.2 Å². The van der Waals surface area contributed by atoms with Gasteiger partial charge in [0, 0.05) is 18.7 Å². The van der Waals surface area contributed by atoms with Crippen LogP contribution in [0.2, 0.25) is 0 Å². The highest BCUT2D eigenvalue weighted by atomic mass is 127. The van der Waals surface area contributed by atoms with Crippen molar-refractivity contribution >= 4 is 41.5 Å². The number of amides is 1. The Morgan fingerprint density at radius 2 is 1.90 bits per heavy atom. The fourth-order valence-electron chi connectivity index (χ4n) is 3.35. The summed E-state index contributed by atoms with van der Waals surface area (Å²) in [7, 11) is 0. The van der Waals surface area contributed by atoms with Crippen LogP contribution in [0.3, 0.4) is 0 Å². The van der Waals surface area contributed by atoms with Gasteiger partial charge in [-0.3, -0.25) is 4.79 Å². The minimum atomic E-state index is 0. The van der Waals surface area contributed by atoms with Crippen molar-refractivity contribution in [3.8, 4) is 5.75 Å². The summed E-state index contributed by atoms with van der Waals surface area (Å²) < 4.78 is 5.87. The molecule has 3 rings (SSSR count). The molecule has 30 heavy (non-hydrogen) atoms. The quantitative estimate of drug-likeness (QED) is 0.213. The Balaban J connectivity index is 0.00000320. The molecule has 0 fully saturated rings. The molecule has 2 aromatic carbocycles. The molecule has 0 radical (unpaired) electrons. The zero-order valence-electron chi connectivity index (χ0n) is 17.7. The molecule has 1 aliphatic heterocycles. The molecule has 2 aromatic rings. The van der Waals surface area contributed by atoms with Gasteiger partial charge in [0.1, 0.15) is 12.4 Å². The van der Waals surface area contributed by atoms with E-state index in [9.17, 15) is 4.79 Å². The summed E-state index contributed by atoms with van der Waals surface area (Å²) in [5.74, 6) is 1.68. The average molecular weight is 522 g/mol. The predicted molar refractivity (Wildman–Crippen MR) is 133 cm³/mol. The normalized spacial score (nSPS) is 13.0. The van der Waals surface area contributed by atoms with Crippen molar-refractivity contribution in [3.05, 3.63) is 59.2 Å². The molecule has 0 saturated heterocycles. The molecule has 1 amide bonds. The van der Waals surface area contributed by atoms with Crippen LogP contribution >= 0.6 is 24.0 Å². The van der Waals surface area contributed by atoms with Crippen LogP contribution in [0.5, 0.6) is 5.75 Å². The van der Waals surface area contributed by atoms with Gasteiger partial charge in [0.25, 0.3) is 0 Å². The summed E-state index contributed by atoms with van der Waals surface area (Å²) in [6.07, 6.45) is 2.29. The van der Waals surface area contributed by atoms with Crippen molar-refractivity contribution in [2.24, 2.45) is 4.99 Å². The molecule has 1 aliphatic rings. The van der Waals surface area contributed by atoms with Gasteiger partial charge in [0.15, 0.2) is 5.96 Å². The molecule has 0 bridgehead atoms. The minimum absolute atomic E-state index is 0. The Hall–Kier alpha value is -2.29. The number of anilines is 1. The van der Waals surface area contributed by atoms with Crippen LogP contribution in [0.4, 0.5) is 5.69 Å². The third kappa shape index (κ3) is 6.90. The number of halogens is 1. The Morgan fingerprint density at radius 1 is 1.10 bits per heavy atom. The maximum Gasteiger partial charge on any atom is 0.224 e.